The Morgan fingerprint density at radius 1 is 0.697 bits per heavy atom. The Morgan fingerprint density at radius 2 is 1.06 bits per heavy atom. The first kappa shape index (κ1) is 23.4. The maximum atomic E-state index is 12.5. The van der Waals surface area contributed by atoms with Crippen molar-refractivity contribution in [2.75, 3.05) is 39.4 Å². The van der Waals surface area contributed by atoms with E-state index in [1.807, 2.05) is 0 Å². The number of ether oxygens (including phenoxy) is 2. The van der Waals surface area contributed by atoms with Crippen molar-refractivity contribution in [2.24, 2.45) is 0 Å². The van der Waals surface area contributed by atoms with Gasteiger partial charge in [0.2, 0.25) is 0 Å². The van der Waals surface area contributed by atoms with Crippen LogP contribution in [0.2, 0.25) is 0 Å². The molecule has 3 rings (SSSR count). The molecule has 1 aliphatic rings. The number of non-ortho nitro benzene ring substituents is 2. The third kappa shape index (κ3) is 6.63. The largest absolute Gasteiger partial charge is 0.484 e. The van der Waals surface area contributed by atoms with Crippen LogP contribution in [0.3, 0.4) is 0 Å². The van der Waals surface area contributed by atoms with Crippen LogP contribution in [0, 0.1) is 20.2 Å². The number of nitro benzene ring substituents is 2. The predicted molar refractivity (Wildman–Crippen MR) is 115 cm³/mol. The van der Waals surface area contributed by atoms with Gasteiger partial charge in [0.25, 0.3) is 23.2 Å². The SMILES string of the molecule is O=C(COc1ccc([N+](=O)[O-])cc1)N1CCCN(C(=O)COc2ccc([N+](=O)[O-])cc2)CC1. The normalized spacial score (nSPS) is 13.7. The van der Waals surface area contributed by atoms with Crippen LogP contribution in [0.4, 0.5) is 11.4 Å². The van der Waals surface area contributed by atoms with Crippen molar-refractivity contribution in [3.63, 3.8) is 0 Å². The molecule has 0 radical (unpaired) electrons. The number of hydrogen-bond donors (Lipinski definition) is 0. The van der Waals surface area contributed by atoms with E-state index in [9.17, 15) is 29.8 Å². The van der Waals surface area contributed by atoms with Crippen LogP contribution < -0.4 is 9.47 Å². The van der Waals surface area contributed by atoms with E-state index >= 15 is 0 Å². The zero-order chi connectivity index (χ0) is 23.8. The zero-order valence-electron chi connectivity index (χ0n) is 17.6. The summed E-state index contributed by atoms with van der Waals surface area (Å²) < 4.78 is 10.9. The molecular weight excluding hydrogens is 436 g/mol. The van der Waals surface area contributed by atoms with Gasteiger partial charge in [-0.25, -0.2) is 0 Å². The molecule has 1 saturated heterocycles. The molecule has 1 fully saturated rings. The molecule has 0 spiro atoms. The van der Waals surface area contributed by atoms with Crippen molar-refractivity contribution in [1.82, 2.24) is 9.80 Å². The van der Waals surface area contributed by atoms with E-state index in [0.29, 0.717) is 44.1 Å². The summed E-state index contributed by atoms with van der Waals surface area (Å²) in [6.45, 7) is 1.19. The van der Waals surface area contributed by atoms with Crippen LogP contribution in [0.25, 0.3) is 0 Å². The molecule has 0 atom stereocenters. The van der Waals surface area contributed by atoms with E-state index in [0.717, 1.165) is 0 Å². The monoisotopic (exact) mass is 458 g/mol. The highest BCUT2D eigenvalue weighted by molar-refractivity contribution is 5.79. The van der Waals surface area contributed by atoms with E-state index < -0.39 is 9.85 Å². The third-order valence-corrected chi connectivity index (χ3v) is 5.02. The summed E-state index contributed by atoms with van der Waals surface area (Å²) in [7, 11) is 0. The van der Waals surface area contributed by atoms with Gasteiger partial charge in [-0.2, -0.15) is 0 Å². The minimum absolute atomic E-state index is 0.0662. The average molecular weight is 458 g/mol. The third-order valence-electron chi connectivity index (χ3n) is 5.02. The van der Waals surface area contributed by atoms with Gasteiger partial charge in [0.15, 0.2) is 13.2 Å². The van der Waals surface area contributed by atoms with Gasteiger partial charge >= 0.3 is 0 Å². The van der Waals surface area contributed by atoms with Crippen molar-refractivity contribution < 1.29 is 28.9 Å². The number of benzene rings is 2. The molecule has 2 aromatic carbocycles. The van der Waals surface area contributed by atoms with Gasteiger partial charge in [0.05, 0.1) is 9.85 Å². The lowest BCUT2D eigenvalue weighted by Crippen LogP contribution is -2.40. The minimum Gasteiger partial charge on any atom is -0.484 e. The maximum absolute atomic E-state index is 12.5. The van der Waals surface area contributed by atoms with Crippen molar-refractivity contribution in [3.8, 4) is 11.5 Å². The van der Waals surface area contributed by atoms with Gasteiger partial charge in [-0.05, 0) is 30.7 Å². The Balaban J connectivity index is 1.43. The summed E-state index contributed by atoms with van der Waals surface area (Å²) in [5.41, 5.74) is -0.132. The quantitative estimate of drug-likeness (QED) is 0.431. The van der Waals surface area contributed by atoms with Gasteiger partial charge < -0.3 is 19.3 Å². The number of nitro groups is 2. The van der Waals surface area contributed by atoms with Crippen LogP contribution in [0.1, 0.15) is 6.42 Å². The van der Waals surface area contributed by atoms with E-state index in [1.165, 1.54) is 48.5 Å². The average Bonchev–Trinajstić information content (AvgIpc) is 3.08. The van der Waals surface area contributed by atoms with Gasteiger partial charge in [-0.1, -0.05) is 0 Å². The highest BCUT2D eigenvalue weighted by atomic mass is 16.6. The number of amides is 2. The summed E-state index contributed by atoms with van der Waals surface area (Å²) in [5.74, 6) is 0.211. The lowest BCUT2D eigenvalue weighted by atomic mass is 10.3. The molecule has 33 heavy (non-hydrogen) atoms. The molecular formula is C21H22N4O8. The first-order chi connectivity index (χ1) is 15.8. The number of rotatable bonds is 8. The van der Waals surface area contributed by atoms with Gasteiger partial charge in [-0.3, -0.25) is 29.8 Å². The number of nitrogens with zero attached hydrogens (tertiary/aromatic N) is 4. The Hall–Kier alpha value is -4.22. The van der Waals surface area contributed by atoms with Gasteiger partial charge in [-0.15, -0.1) is 0 Å². The molecule has 2 aromatic rings. The molecule has 1 heterocycles. The summed E-state index contributed by atoms with van der Waals surface area (Å²) >= 11 is 0. The second-order valence-electron chi connectivity index (χ2n) is 7.19. The van der Waals surface area contributed by atoms with E-state index in [2.05, 4.69) is 0 Å². The molecule has 0 aliphatic carbocycles. The maximum Gasteiger partial charge on any atom is 0.269 e. The van der Waals surface area contributed by atoms with E-state index in [4.69, 9.17) is 9.47 Å². The number of carbonyl (C=O) groups is 2. The van der Waals surface area contributed by atoms with Crippen LogP contribution >= 0.6 is 0 Å². The fourth-order valence-electron chi connectivity index (χ4n) is 3.22. The van der Waals surface area contributed by atoms with Crippen LogP contribution in [0.5, 0.6) is 11.5 Å². The fraction of sp³-hybridized carbons (Fsp3) is 0.333. The molecule has 12 nitrogen and oxygen atoms in total. The van der Waals surface area contributed by atoms with Crippen LogP contribution in [-0.2, 0) is 9.59 Å². The summed E-state index contributed by atoms with van der Waals surface area (Å²) in [6, 6.07) is 10.9. The molecule has 0 unspecified atom stereocenters. The van der Waals surface area contributed by atoms with E-state index in [-0.39, 0.29) is 36.4 Å². The molecule has 12 heteroatoms. The van der Waals surface area contributed by atoms with Crippen molar-refractivity contribution >= 4 is 23.2 Å². The Bertz CT molecular complexity index is 928. The highest BCUT2D eigenvalue weighted by Crippen LogP contribution is 2.18. The van der Waals surface area contributed by atoms with Gasteiger partial charge in [0, 0.05) is 50.4 Å². The Kier molecular flexibility index (Phi) is 7.73. The summed E-state index contributed by atoms with van der Waals surface area (Å²) in [6.07, 6.45) is 0.590. The topological polar surface area (TPSA) is 145 Å². The lowest BCUT2D eigenvalue weighted by molar-refractivity contribution is -0.385. The van der Waals surface area contributed by atoms with Crippen molar-refractivity contribution in [1.29, 1.82) is 0 Å². The fourth-order valence-corrected chi connectivity index (χ4v) is 3.22. The van der Waals surface area contributed by atoms with Crippen molar-refractivity contribution in [2.45, 2.75) is 6.42 Å². The molecule has 2 amide bonds. The first-order valence-corrected chi connectivity index (χ1v) is 10.1. The molecule has 0 aromatic heterocycles. The van der Waals surface area contributed by atoms with Crippen molar-refractivity contribution in [3.05, 3.63) is 68.8 Å². The molecule has 0 saturated carbocycles. The zero-order valence-corrected chi connectivity index (χ0v) is 17.6. The minimum atomic E-state index is -0.518. The Morgan fingerprint density at radius 3 is 1.39 bits per heavy atom. The second-order valence-corrected chi connectivity index (χ2v) is 7.19. The predicted octanol–water partition coefficient (Wildman–Crippen LogP) is 2.02. The lowest BCUT2D eigenvalue weighted by Gasteiger charge is -2.22. The highest BCUT2D eigenvalue weighted by Gasteiger charge is 2.22. The standard InChI is InChI=1S/C21H22N4O8/c26-20(14-32-18-6-2-16(3-7-18)24(28)29)22-10-1-11-23(13-12-22)21(27)15-33-19-8-4-17(5-9-19)25(30)31/h2-9H,1,10-15H2. The summed E-state index contributed by atoms with van der Waals surface area (Å²) in [4.78, 5) is 48.5. The van der Waals surface area contributed by atoms with Crippen LogP contribution in [0.15, 0.2) is 48.5 Å². The molecule has 174 valence electrons. The van der Waals surface area contributed by atoms with Crippen LogP contribution in [-0.4, -0.2) is 70.9 Å². The summed E-state index contributed by atoms with van der Waals surface area (Å²) in [5, 5.41) is 21.4. The molecule has 1 aliphatic heterocycles. The van der Waals surface area contributed by atoms with Gasteiger partial charge in [0.1, 0.15) is 11.5 Å². The molecule has 0 N–H and O–H groups in total. The number of hydrogen-bond acceptors (Lipinski definition) is 8. The number of carbonyl (C=O) groups excluding carboxylic acids is 2. The van der Waals surface area contributed by atoms with E-state index in [1.54, 1.807) is 9.80 Å². The molecule has 0 bridgehead atoms. The Labute approximate surface area is 188 Å². The second kappa shape index (κ2) is 10.9. The smallest absolute Gasteiger partial charge is 0.269 e. The first-order valence-electron chi connectivity index (χ1n) is 10.1.